The molecule has 2 unspecified atom stereocenters. The quantitative estimate of drug-likeness (QED) is 0.525. The Morgan fingerprint density at radius 2 is 1.59 bits per heavy atom. The SMILES string of the molecule is C=C(C)C(C)(C)OC(O)c1ccc(C(C)C(C)(C)CC)cc1. The van der Waals surface area contributed by atoms with Gasteiger partial charge in [0.05, 0.1) is 5.60 Å². The number of benzene rings is 1. The van der Waals surface area contributed by atoms with Gasteiger partial charge in [-0.15, -0.1) is 0 Å². The van der Waals surface area contributed by atoms with Crippen molar-refractivity contribution in [3.63, 3.8) is 0 Å². The first-order valence-electron chi connectivity index (χ1n) is 8.13. The molecule has 0 radical (unpaired) electrons. The Hall–Kier alpha value is -1.12. The van der Waals surface area contributed by atoms with E-state index in [1.54, 1.807) is 0 Å². The lowest BCUT2D eigenvalue weighted by atomic mass is 9.74. The van der Waals surface area contributed by atoms with Gasteiger partial charge in [-0.25, -0.2) is 0 Å². The highest BCUT2D eigenvalue weighted by molar-refractivity contribution is 5.27. The summed E-state index contributed by atoms with van der Waals surface area (Å²) in [5, 5.41) is 10.3. The molecule has 124 valence electrons. The molecule has 0 aromatic heterocycles. The van der Waals surface area contributed by atoms with Crippen molar-refractivity contribution in [2.75, 3.05) is 0 Å². The van der Waals surface area contributed by atoms with E-state index in [-0.39, 0.29) is 5.41 Å². The van der Waals surface area contributed by atoms with Gasteiger partial charge in [0.1, 0.15) is 0 Å². The predicted octanol–water partition coefficient (Wildman–Crippen LogP) is 5.59. The van der Waals surface area contributed by atoms with Crippen molar-refractivity contribution in [1.29, 1.82) is 0 Å². The maximum absolute atomic E-state index is 10.3. The van der Waals surface area contributed by atoms with Gasteiger partial charge in [-0.1, -0.05) is 65.0 Å². The molecule has 0 saturated heterocycles. The average molecular weight is 304 g/mol. The van der Waals surface area contributed by atoms with Crippen molar-refractivity contribution in [2.45, 2.75) is 72.7 Å². The Kier molecular flexibility index (Phi) is 6.00. The van der Waals surface area contributed by atoms with Crippen LogP contribution in [0.2, 0.25) is 0 Å². The second-order valence-corrected chi connectivity index (χ2v) is 7.49. The highest BCUT2D eigenvalue weighted by Gasteiger charge is 2.26. The van der Waals surface area contributed by atoms with Crippen molar-refractivity contribution in [1.82, 2.24) is 0 Å². The van der Waals surface area contributed by atoms with E-state index in [4.69, 9.17) is 4.74 Å². The number of rotatable bonds is 7. The second-order valence-electron chi connectivity index (χ2n) is 7.49. The Labute approximate surface area is 136 Å². The minimum atomic E-state index is -0.935. The minimum absolute atomic E-state index is 0.262. The molecule has 2 heteroatoms. The van der Waals surface area contributed by atoms with Crippen LogP contribution in [0, 0.1) is 5.41 Å². The molecule has 2 atom stereocenters. The van der Waals surface area contributed by atoms with Gasteiger partial charge in [-0.05, 0) is 43.2 Å². The maximum Gasteiger partial charge on any atom is 0.182 e. The summed E-state index contributed by atoms with van der Waals surface area (Å²) < 4.78 is 5.73. The summed E-state index contributed by atoms with van der Waals surface area (Å²) in [5.74, 6) is 0.469. The Morgan fingerprint density at radius 1 is 1.14 bits per heavy atom. The summed E-state index contributed by atoms with van der Waals surface area (Å²) in [7, 11) is 0. The van der Waals surface area contributed by atoms with E-state index in [1.165, 1.54) is 5.56 Å². The van der Waals surface area contributed by atoms with Gasteiger partial charge in [0.15, 0.2) is 6.29 Å². The molecule has 1 aromatic carbocycles. The zero-order valence-corrected chi connectivity index (χ0v) is 15.2. The van der Waals surface area contributed by atoms with Gasteiger partial charge >= 0.3 is 0 Å². The van der Waals surface area contributed by atoms with Gasteiger partial charge in [-0.3, -0.25) is 0 Å². The molecular weight excluding hydrogens is 272 g/mol. The fraction of sp³-hybridized carbons (Fsp3) is 0.600. The molecule has 0 aliphatic rings. The van der Waals surface area contributed by atoms with E-state index in [1.807, 2.05) is 32.9 Å². The second kappa shape index (κ2) is 6.97. The summed E-state index contributed by atoms with van der Waals surface area (Å²) in [6.07, 6.45) is 0.198. The van der Waals surface area contributed by atoms with Crippen LogP contribution in [0.3, 0.4) is 0 Å². The Bertz CT molecular complexity index is 497. The highest BCUT2D eigenvalue weighted by Crippen LogP contribution is 2.38. The van der Waals surface area contributed by atoms with E-state index < -0.39 is 11.9 Å². The first kappa shape index (κ1) is 18.9. The van der Waals surface area contributed by atoms with Crippen LogP contribution in [-0.4, -0.2) is 10.7 Å². The van der Waals surface area contributed by atoms with Gasteiger partial charge in [0.25, 0.3) is 0 Å². The van der Waals surface area contributed by atoms with E-state index in [0.29, 0.717) is 5.92 Å². The molecule has 0 fully saturated rings. The fourth-order valence-corrected chi connectivity index (χ4v) is 2.15. The molecule has 0 bridgehead atoms. The van der Waals surface area contributed by atoms with Gasteiger partial charge in [0.2, 0.25) is 0 Å². The molecule has 22 heavy (non-hydrogen) atoms. The molecule has 0 heterocycles. The van der Waals surface area contributed by atoms with Crippen LogP contribution in [0.25, 0.3) is 0 Å². The fourth-order valence-electron chi connectivity index (χ4n) is 2.15. The van der Waals surface area contributed by atoms with E-state index in [9.17, 15) is 5.11 Å². The van der Waals surface area contributed by atoms with Crippen molar-refractivity contribution in [3.8, 4) is 0 Å². The van der Waals surface area contributed by atoms with Crippen LogP contribution in [-0.2, 0) is 4.74 Å². The van der Waals surface area contributed by atoms with Crippen LogP contribution in [0.15, 0.2) is 36.4 Å². The average Bonchev–Trinajstić information content (AvgIpc) is 2.46. The van der Waals surface area contributed by atoms with Gasteiger partial charge in [-0.2, -0.15) is 0 Å². The Balaban J connectivity index is 2.87. The van der Waals surface area contributed by atoms with Crippen molar-refractivity contribution < 1.29 is 9.84 Å². The van der Waals surface area contributed by atoms with Gasteiger partial charge < -0.3 is 9.84 Å². The monoisotopic (exact) mass is 304 g/mol. The molecule has 1 aromatic rings. The third-order valence-electron chi connectivity index (χ3n) is 5.24. The molecule has 1 rings (SSSR count). The molecule has 0 aliphatic carbocycles. The minimum Gasteiger partial charge on any atom is -0.364 e. The Morgan fingerprint density at radius 3 is 2.00 bits per heavy atom. The van der Waals surface area contributed by atoms with E-state index >= 15 is 0 Å². The largest absolute Gasteiger partial charge is 0.364 e. The predicted molar refractivity (Wildman–Crippen MR) is 93.9 cm³/mol. The summed E-state index contributed by atoms with van der Waals surface area (Å²) in [5.41, 5.74) is 2.68. The number of ether oxygens (including phenoxy) is 1. The topological polar surface area (TPSA) is 29.5 Å². The van der Waals surface area contributed by atoms with Crippen LogP contribution in [0.4, 0.5) is 0 Å². The van der Waals surface area contributed by atoms with Crippen LogP contribution in [0.5, 0.6) is 0 Å². The lowest BCUT2D eigenvalue weighted by Crippen LogP contribution is -2.27. The van der Waals surface area contributed by atoms with Crippen LogP contribution >= 0.6 is 0 Å². The standard InChI is InChI=1S/C20H32O2/c1-9-19(5,6)15(4)16-10-12-17(13-11-16)18(21)22-20(7,8)14(2)3/h10-13,15,18,21H,2,9H2,1,3-8H3. The zero-order valence-electron chi connectivity index (χ0n) is 15.2. The van der Waals surface area contributed by atoms with E-state index in [0.717, 1.165) is 17.6 Å². The lowest BCUT2D eigenvalue weighted by molar-refractivity contribution is -0.162. The molecule has 2 nitrogen and oxygen atoms in total. The van der Waals surface area contributed by atoms with Gasteiger partial charge in [0, 0.05) is 5.56 Å². The van der Waals surface area contributed by atoms with Crippen molar-refractivity contribution in [2.24, 2.45) is 5.41 Å². The number of aliphatic hydroxyl groups excluding tert-OH is 1. The van der Waals surface area contributed by atoms with Crippen molar-refractivity contribution in [3.05, 3.63) is 47.5 Å². The van der Waals surface area contributed by atoms with E-state index in [2.05, 4.69) is 46.4 Å². The molecule has 0 spiro atoms. The number of hydrogen-bond acceptors (Lipinski definition) is 2. The van der Waals surface area contributed by atoms with Crippen LogP contribution in [0.1, 0.15) is 78.2 Å². The smallest absolute Gasteiger partial charge is 0.182 e. The first-order chi connectivity index (χ1) is 10.0. The highest BCUT2D eigenvalue weighted by atomic mass is 16.6. The molecule has 0 saturated carbocycles. The lowest BCUT2D eigenvalue weighted by Gasteiger charge is -2.31. The zero-order chi connectivity index (χ0) is 17.1. The first-order valence-corrected chi connectivity index (χ1v) is 8.13. The summed E-state index contributed by atoms with van der Waals surface area (Å²) >= 11 is 0. The number of hydrogen-bond donors (Lipinski definition) is 1. The third-order valence-corrected chi connectivity index (χ3v) is 5.24. The van der Waals surface area contributed by atoms with Crippen molar-refractivity contribution >= 4 is 0 Å². The van der Waals surface area contributed by atoms with Crippen LogP contribution < -0.4 is 0 Å². The summed E-state index contributed by atoms with van der Waals surface area (Å²) in [6.45, 7) is 18.7. The third kappa shape index (κ3) is 4.44. The molecule has 0 amide bonds. The summed E-state index contributed by atoms with van der Waals surface area (Å²) in [6, 6.07) is 8.10. The molecular formula is C20H32O2. The molecule has 0 aliphatic heterocycles. The summed E-state index contributed by atoms with van der Waals surface area (Å²) in [4.78, 5) is 0. The maximum atomic E-state index is 10.3. The number of aliphatic hydroxyl groups is 1. The molecule has 1 N–H and O–H groups in total. The normalized spacial score (nSPS) is 15.5.